The van der Waals surface area contributed by atoms with E-state index in [0.717, 1.165) is 33.6 Å². The topological polar surface area (TPSA) is 61.4 Å². The Hall–Kier alpha value is -3.61. The smallest absolute Gasteiger partial charge is 0.367 e. The predicted molar refractivity (Wildman–Crippen MR) is 139 cm³/mol. The molecular formula is C27H22Cl2N4O2. The number of aromatic nitrogens is 4. The van der Waals surface area contributed by atoms with Crippen LogP contribution in [0, 0.1) is 0 Å². The minimum atomic E-state index is -0.288. The fraction of sp³-hybridized carbons (Fsp3) is 0.148. The third-order valence-corrected chi connectivity index (χ3v) is 6.25. The molecule has 0 amide bonds. The van der Waals surface area contributed by atoms with Gasteiger partial charge in [0.2, 0.25) is 0 Å². The number of fused-ring (bicyclic) bond motifs is 1. The molecule has 0 aliphatic rings. The summed E-state index contributed by atoms with van der Waals surface area (Å²) in [5.41, 5.74) is 4.74. The maximum absolute atomic E-state index is 13.2. The Morgan fingerprint density at radius 2 is 1.49 bits per heavy atom. The predicted octanol–water partition coefficient (Wildman–Crippen LogP) is 6.17. The van der Waals surface area contributed by atoms with Crippen LogP contribution in [-0.2, 0) is 13.0 Å². The molecule has 0 atom stereocenters. The highest BCUT2D eigenvalue weighted by Gasteiger charge is 2.18. The van der Waals surface area contributed by atoms with Crippen molar-refractivity contribution >= 4 is 28.8 Å². The second-order valence-corrected chi connectivity index (χ2v) is 8.89. The van der Waals surface area contributed by atoms with E-state index in [-0.39, 0.29) is 5.69 Å². The van der Waals surface area contributed by atoms with Gasteiger partial charge in [0.1, 0.15) is 5.75 Å². The first-order chi connectivity index (χ1) is 17.0. The number of ether oxygens (including phenoxy) is 1. The molecular weight excluding hydrogens is 483 g/mol. The molecule has 0 fully saturated rings. The van der Waals surface area contributed by atoms with Crippen molar-refractivity contribution in [3.05, 3.63) is 105 Å². The summed E-state index contributed by atoms with van der Waals surface area (Å²) < 4.78 is 8.32. The largest absolute Gasteiger partial charge is 0.494 e. The summed E-state index contributed by atoms with van der Waals surface area (Å²) >= 11 is 12.2. The Kier molecular flexibility index (Phi) is 6.57. The van der Waals surface area contributed by atoms with E-state index in [2.05, 4.69) is 5.10 Å². The molecule has 8 heteroatoms. The zero-order valence-electron chi connectivity index (χ0n) is 19.0. The minimum absolute atomic E-state index is 0.288. The molecule has 5 rings (SSSR count). The summed E-state index contributed by atoms with van der Waals surface area (Å²) in [6.45, 7) is 3.00. The molecule has 0 unspecified atom stereocenters. The SMILES string of the molecule is CCOc1ccc(CCn2nc3c(-c4ccc(Cl)cc4)c(-c4ccc(Cl)cc4)cnn3c2=O)cc1. The van der Waals surface area contributed by atoms with Crippen molar-refractivity contribution in [2.75, 3.05) is 6.61 Å². The van der Waals surface area contributed by atoms with Gasteiger partial charge in [-0.25, -0.2) is 9.48 Å². The van der Waals surface area contributed by atoms with Gasteiger partial charge in [0.15, 0.2) is 5.65 Å². The standard InChI is InChI=1S/C27H22Cl2N4O2/c1-2-35-23-13-3-18(4-14-23)15-16-32-27(34)33-26(31-32)25(20-7-11-22(29)12-8-20)24(17-30-33)19-5-9-21(28)10-6-19/h3-14,17H,2,15-16H2,1H3. The highest BCUT2D eigenvalue weighted by Crippen LogP contribution is 2.35. The molecule has 3 aromatic carbocycles. The van der Waals surface area contributed by atoms with Crippen LogP contribution in [0.1, 0.15) is 12.5 Å². The maximum Gasteiger partial charge on any atom is 0.367 e. The van der Waals surface area contributed by atoms with E-state index < -0.39 is 0 Å². The molecule has 0 saturated carbocycles. The lowest BCUT2D eigenvalue weighted by molar-refractivity contribution is 0.340. The van der Waals surface area contributed by atoms with Crippen LogP contribution in [0.5, 0.6) is 5.75 Å². The molecule has 6 nitrogen and oxygen atoms in total. The molecule has 2 aromatic heterocycles. The molecule has 2 heterocycles. The van der Waals surface area contributed by atoms with Crippen LogP contribution in [0.2, 0.25) is 10.0 Å². The van der Waals surface area contributed by atoms with Gasteiger partial charge in [-0.1, -0.05) is 59.6 Å². The van der Waals surface area contributed by atoms with Gasteiger partial charge in [0.05, 0.1) is 19.3 Å². The molecule has 0 radical (unpaired) electrons. The van der Waals surface area contributed by atoms with Crippen LogP contribution in [0.15, 0.2) is 83.8 Å². The third kappa shape index (κ3) is 4.81. The van der Waals surface area contributed by atoms with Crippen molar-refractivity contribution in [1.82, 2.24) is 19.4 Å². The third-order valence-electron chi connectivity index (χ3n) is 5.75. The van der Waals surface area contributed by atoms with Gasteiger partial charge in [-0.3, -0.25) is 0 Å². The first kappa shape index (κ1) is 23.1. The van der Waals surface area contributed by atoms with Gasteiger partial charge in [-0.2, -0.15) is 9.61 Å². The summed E-state index contributed by atoms with van der Waals surface area (Å²) in [6.07, 6.45) is 2.34. The van der Waals surface area contributed by atoms with Crippen molar-refractivity contribution in [1.29, 1.82) is 0 Å². The van der Waals surface area contributed by atoms with Gasteiger partial charge in [0.25, 0.3) is 0 Å². The molecule has 176 valence electrons. The second-order valence-electron chi connectivity index (χ2n) is 8.02. The quantitative estimate of drug-likeness (QED) is 0.265. The Bertz CT molecular complexity index is 1520. The van der Waals surface area contributed by atoms with Gasteiger partial charge in [0, 0.05) is 21.2 Å². The first-order valence-corrected chi connectivity index (χ1v) is 12.0. The van der Waals surface area contributed by atoms with Crippen LogP contribution in [-0.4, -0.2) is 26.0 Å². The van der Waals surface area contributed by atoms with Crippen LogP contribution < -0.4 is 10.4 Å². The molecule has 35 heavy (non-hydrogen) atoms. The lowest BCUT2D eigenvalue weighted by Crippen LogP contribution is -2.23. The molecule has 5 aromatic rings. The van der Waals surface area contributed by atoms with Crippen LogP contribution in [0.4, 0.5) is 0 Å². The monoisotopic (exact) mass is 504 g/mol. The van der Waals surface area contributed by atoms with Crippen molar-refractivity contribution in [3.8, 4) is 28.0 Å². The summed E-state index contributed by atoms with van der Waals surface area (Å²) in [7, 11) is 0. The molecule has 0 aliphatic carbocycles. The van der Waals surface area contributed by atoms with Gasteiger partial charge < -0.3 is 4.74 Å². The fourth-order valence-corrected chi connectivity index (χ4v) is 4.26. The molecule has 0 bridgehead atoms. The van der Waals surface area contributed by atoms with E-state index in [0.29, 0.717) is 35.3 Å². The van der Waals surface area contributed by atoms with Gasteiger partial charge in [-0.05, 0) is 66.4 Å². The Labute approximate surface area is 212 Å². The average molecular weight is 505 g/mol. The lowest BCUT2D eigenvalue weighted by atomic mass is 9.97. The zero-order chi connectivity index (χ0) is 24.4. The normalized spacial score (nSPS) is 11.2. The maximum atomic E-state index is 13.2. The van der Waals surface area contributed by atoms with Crippen molar-refractivity contribution < 1.29 is 4.74 Å². The fourth-order valence-electron chi connectivity index (χ4n) is 4.01. The van der Waals surface area contributed by atoms with Crippen molar-refractivity contribution in [3.63, 3.8) is 0 Å². The number of nitrogens with zero attached hydrogens (tertiary/aromatic N) is 4. The van der Waals surface area contributed by atoms with E-state index in [1.807, 2.05) is 79.7 Å². The number of hydrogen-bond acceptors (Lipinski definition) is 4. The van der Waals surface area contributed by atoms with Crippen LogP contribution in [0.25, 0.3) is 27.9 Å². The Balaban J connectivity index is 1.57. The average Bonchev–Trinajstić information content (AvgIpc) is 3.20. The van der Waals surface area contributed by atoms with Gasteiger partial charge >= 0.3 is 5.69 Å². The van der Waals surface area contributed by atoms with Crippen molar-refractivity contribution in [2.24, 2.45) is 0 Å². The molecule has 0 aliphatic heterocycles. The minimum Gasteiger partial charge on any atom is -0.494 e. The molecule has 0 spiro atoms. The van der Waals surface area contributed by atoms with Crippen molar-refractivity contribution in [2.45, 2.75) is 19.9 Å². The van der Waals surface area contributed by atoms with E-state index in [1.165, 1.54) is 9.20 Å². The second kappa shape index (κ2) is 9.94. The Morgan fingerprint density at radius 1 is 0.857 bits per heavy atom. The summed E-state index contributed by atoms with van der Waals surface area (Å²) in [6, 6.07) is 22.9. The number of rotatable bonds is 7. The van der Waals surface area contributed by atoms with E-state index in [9.17, 15) is 4.79 Å². The lowest BCUT2D eigenvalue weighted by Gasteiger charge is -2.11. The Morgan fingerprint density at radius 3 is 2.11 bits per heavy atom. The number of halogens is 2. The van der Waals surface area contributed by atoms with E-state index in [1.54, 1.807) is 6.20 Å². The first-order valence-electron chi connectivity index (χ1n) is 11.3. The highest BCUT2D eigenvalue weighted by atomic mass is 35.5. The zero-order valence-corrected chi connectivity index (χ0v) is 20.5. The summed E-state index contributed by atoms with van der Waals surface area (Å²) in [4.78, 5) is 13.2. The van der Waals surface area contributed by atoms with Crippen LogP contribution >= 0.6 is 23.2 Å². The van der Waals surface area contributed by atoms with E-state index >= 15 is 0 Å². The molecule has 0 saturated heterocycles. The van der Waals surface area contributed by atoms with Crippen LogP contribution in [0.3, 0.4) is 0 Å². The number of aryl methyl sites for hydroxylation is 2. The summed E-state index contributed by atoms with van der Waals surface area (Å²) in [5.74, 6) is 0.827. The van der Waals surface area contributed by atoms with E-state index in [4.69, 9.17) is 33.0 Å². The highest BCUT2D eigenvalue weighted by molar-refractivity contribution is 6.31. The van der Waals surface area contributed by atoms with Gasteiger partial charge in [-0.15, -0.1) is 5.10 Å². The molecule has 0 N–H and O–H groups in total. The summed E-state index contributed by atoms with van der Waals surface area (Å²) in [5, 5.41) is 10.4. The number of hydrogen-bond donors (Lipinski definition) is 0. The number of benzene rings is 3.